The fraction of sp³-hybridized carbons (Fsp3) is 0.0385. The molecule has 7 heteroatoms. The summed E-state index contributed by atoms with van der Waals surface area (Å²) in [6.45, 7) is 0.0742. The number of hydrogen-bond acceptors (Lipinski definition) is 4. The van der Waals surface area contributed by atoms with Gasteiger partial charge in [-0.1, -0.05) is 36.4 Å². The van der Waals surface area contributed by atoms with Crippen molar-refractivity contribution in [3.05, 3.63) is 96.2 Å². The van der Waals surface area contributed by atoms with Crippen LogP contribution in [0.3, 0.4) is 0 Å². The number of phenols is 1. The fourth-order valence-electron chi connectivity index (χ4n) is 3.45. The molecule has 162 valence electrons. The molecule has 1 heterocycles. The van der Waals surface area contributed by atoms with Gasteiger partial charge in [-0.15, -0.1) is 0 Å². The molecule has 0 radical (unpaired) electrons. The number of hydrogen-bond donors (Lipinski definition) is 3. The van der Waals surface area contributed by atoms with Gasteiger partial charge in [0.25, 0.3) is 5.91 Å². The number of benzene rings is 3. The lowest BCUT2D eigenvalue weighted by molar-refractivity contribution is -0.116. The van der Waals surface area contributed by atoms with Crippen LogP contribution in [0.1, 0.15) is 5.56 Å². The molecular formula is C26H20N4O3. The van der Waals surface area contributed by atoms with Gasteiger partial charge in [0.1, 0.15) is 23.9 Å². The molecule has 0 aliphatic heterocycles. The Kier molecular flexibility index (Phi) is 6.19. The summed E-state index contributed by atoms with van der Waals surface area (Å²) >= 11 is 0. The normalized spacial score (nSPS) is 11.1. The third kappa shape index (κ3) is 5.09. The van der Waals surface area contributed by atoms with E-state index in [1.54, 1.807) is 22.9 Å². The SMILES string of the molecule is N#C/C(=C\c1cn(CC(=O)Nc2ccccc2)c2ccccc12)C(=O)Nc1ccc(O)cc1. The average Bonchev–Trinajstić information content (AvgIpc) is 3.16. The number of fused-ring (bicyclic) bond motifs is 1. The van der Waals surface area contributed by atoms with Gasteiger partial charge in [0.15, 0.2) is 0 Å². The van der Waals surface area contributed by atoms with Crippen molar-refractivity contribution in [2.24, 2.45) is 0 Å². The number of carbonyl (C=O) groups excluding carboxylic acids is 2. The minimum absolute atomic E-state index is 0.0742. The van der Waals surface area contributed by atoms with Crippen molar-refractivity contribution < 1.29 is 14.7 Å². The molecule has 4 rings (SSSR count). The van der Waals surface area contributed by atoms with Crippen LogP contribution >= 0.6 is 0 Å². The van der Waals surface area contributed by atoms with Gasteiger partial charge in [0.2, 0.25) is 5.91 Å². The molecule has 7 nitrogen and oxygen atoms in total. The lowest BCUT2D eigenvalue weighted by Gasteiger charge is -2.07. The maximum absolute atomic E-state index is 12.6. The number of amides is 2. The van der Waals surface area contributed by atoms with Crippen LogP contribution in [0, 0.1) is 11.3 Å². The highest BCUT2D eigenvalue weighted by Crippen LogP contribution is 2.24. The summed E-state index contributed by atoms with van der Waals surface area (Å²) in [5.41, 5.74) is 2.54. The molecule has 0 bridgehead atoms. The Labute approximate surface area is 190 Å². The Morgan fingerprint density at radius 2 is 1.58 bits per heavy atom. The second-order valence-electron chi connectivity index (χ2n) is 7.31. The topological polar surface area (TPSA) is 107 Å². The minimum atomic E-state index is -0.568. The van der Waals surface area contributed by atoms with Gasteiger partial charge in [-0.2, -0.15) is 5.26 Å². The summed E-state index contributed by atoms with van der Waals surface area (Å²) < 4.78 is 1.78. The zero-order valence-corrected chi connectivity index (χ0v) is 17.5. The van der Waals surface area contributed by atoms with E-state index in [2.05, 4.69) is 10.6 Å². The summed E-state index contributed by atoms with van der Waals surface area (Å²) in [5, 5.41) is 25.3. The van der Waals surface area contributed by atoms with Gasteiger partial charge in [-0.25, -0.2) is 0 Å². The molecule has 3 aromatic carbocycles. The molecule has 0 atom stereocenters. The molecular weight excluding hydrogens is 416 g/mol. The van der Waals surface area contributed by atoms with Crippen LogP contribution in [0.2, 0.25) is 0 Å². The maximum Gasteiger partial charge on any atom is 0.266 e. The third-order valence-corrected chi connectivity index (χ3v) is 4.98. The molecule has 3 N–H and O–H groups in total. The monoisotopic (exact) mass is 436 g/mol. The van der Waals surface area contributed by atoms with E-state index in [1.807, 2.05) is 60.7 Å². The van der Waals surface area contributed by atoms with Crippen molar-refractivity contribution in [2.45, 2.75) is 6.54 Å². The number of carbonyl (C=O) groups is 2. The zero-order valence-electron chi connectivity index (χ0n) is 17.5. The summed E-state index contributed by atoms with van der Waals surface area (Å²) in [6.07, 6.45) is 3.25. The lowest BCUT2D eigenvalue weighted by atomic mass is 10.1. The average molecular weight is 436 g/mol. The fourth-order valence-corrected chi connectivity index (χ4v) is 3.45. The lowest BCUT2D eigenvalue weighted by Crippen LogP contribution is -2.18. The van der Waals surface area contributed by atoms with Crippen LogP contribution in [0.15, 0.2) is 90.6 Å². The van der Waals surface area contributed by atoms with Crippen molar-refractivity contribution in [1.29, 1.82) is 5.26 Å². The molecule has 0 unspecified atom stereocenters. The standard InChI is InChI=1S/C26H20N4O3/c27-15-18(26(33)29-21-10-12-22(31)13-11-21)14-19-16-30(24-9-5-4-8-23(19)24)17-25(32)28-20-6-2-1-3-7-20/h1-14,16,31H,17H2,(H,28,32)(H,29,33)/b18-14+. The molecule has 0 saturated heterocycles. The van der Waals surface area contributed by atoms with Gasteiger partial charge < -0.3 is 20.3 Å². The van der Waals surface area contributed by atoms with Gasteiger partial charge >= 0.3 is 0 Å². The van der Waals surface area contributed by atoms with E-state index in [0.717, 1.165) is 10.9 Å². The van der Waals surface area contributed by atoms with Crippen LogP contribution in [-0.4, -0.2) is 21.5 Å². The first-order valence-electron chi connectivity index (χ1n) is 10.2. The number of phenolic OH excluding ortho intramolecular Hbond substituents is 1. The van der Waals surface area contributed by atoms with E-state index in [0.29, 0.717) is 16.9 Å². The van der Waals surface area contributed by atoms with E-state index >= 15 is 0 Å². The first kappa shape index (κ1) is 21.4. The number of nitriles is 1. The van der Waals surface area contributed by atoms with Gasteiger partial charge in [-0.3, -0.25) is 9.59 Å². The smallest absolute Gasteiger partial charge is 0.266 e. The summed E-state index contributed by atoms with van der Waals surface area (Å²) in [6, 6.07) is 24.6. The second-order valence-corrected chi connectivity index (χ2v) is 7.31. The molecule has 33 heavy (non-hydrogen) atoms. The zero-order chi connectivity index (χ0) is 23.2. The highest BCUT2D eigenvalue weighted by atomic mass is 16.3. The Morgan fingerprint density at radius 3 is 2.30 bits per heavy atom. The molecule has 1 aromatic heterocycles. The maximum atomic E-state index is 12.6. The van der Waals surface area contributed by atoms with Crippen LogP contribution < -0.4 is 10.6 Å². The van der Waals surface area contributed by atoms with Crippen LogP contribution in [0.5, 0.6) is 5.75 Å². The van der Waals surface area contributed by atoms with Gasteiger partial charge in [0.05, 0.1) is 0 Å². The van der Waals surface area contributed by atoms with Crippen molar-refractivity contribution >= 4 is 40.2 Å². The number of aromatic nitrogens is 1. The molecule has 4 aromatic rings. The number of para-hydroxylation sites is 2. The van der Waals surface area contributed by atoms with E-state index in [4.69, 9.17) is 0 Å². The number of anilines is 2. The van der Waals surface area contributed by atoms with Crippen LogP contribution in [0.25, 0.3) is 17.0 Å². The number of rotatable bonds is 6. The second kappa shape index (κ2) is 9.54. The molecule has 0 spiro atoms. The first-order valence-corrected chi connectivity index (χ1v) is 10.2. The van der Waals surface area contributed by atoms with Crippen LogP contribution in [0.4, 0.5) is 11.4 Å². The third-order valence-electron chi connectivity index (χ3n) is 4.98. The quantitative estimate of drug-likeness (QED) is 0.234. The largest absolute Gasteiger partial charge is 0.508 e. The van der Waals surface area contributed by atoms with Crippen molar-refractivity contribution in [1.82, 2.24) is 4.57 Å². The number of aromatic hydroxyl groups is 1. The number of nitrogens with zero attached hydrogens (tertiary/aromatic N) is 2. The van der Waals surface area contributed by atoms with Crippen molar-refractivity contribution in [3.63, 3.8) is 0 Å². The summed E-state index contributed by atoms with van der Waals surface area (Å²) in [7, 11) is 0. The Morgan fingerprint density at radius 1 is 0.909 bits per heavy atom. The van der Waals surface area contributed by atoms with E-state index in [-0.39, 0.29) is 23.8 Å². The predicted molar refractivity (Wildman–Crippen MR) is 127 cm³/mol. The molecule has 0 fully saturated rings. The highest BCUT2D eigenvalue weighted by Gasteiger charge is 2.14. The number of nitrogens with one attached hydrogen (secondary N) is 2. The Hall–Kier alpha value is -4.83. The Balaban J connectivity index is 1.60. The summed E-state index contributed by atoms with van der Waals surface area (Å²) in [5.74, 6) is -0.682. The van der Waals surface area contributed by atoms with E-state index < -0.39 is 5.91 Å². The van der Waals surface area contributed by atoms with E-state index in [9.17, 15) is 20.0 Å². The minimum Gasteiger partial charge on any atom is -0.508 e. The van der Waals surface area contributed by atoms with Gasteiger partial charge in [0, 0.05) is 34.0 Å². The summed E-state index contributed by atoms with van der Waals surface area (Å²) in [4.78, 5) is 25.2. The first-order chi connectivity index (χ1) is 16.0. The van der Waals surface area contributed by atoms with Crippen molar-refractivity contribution in [2.75, 3.05) is 10.6 Å². The van der Waals surface area contributed by atoms with Gasteiger partial charge in [-0.05, 0) is 48.5 Å². The Bertz CT molecular complexity index is 1380. The van der Waals surface area contributed by atoms with Crippen LogP contribution in [-0.2, 0) is 16.1 Å². The van der Waals surface area contributed by atoms with Crippen molar-refractivity contribution in [3.8, 4) is 11.8 Å². The molecule has 0 aliphatic carbocycles. The van der Waals surface area contributed by atoms with E-state index in [1.165, 1.54) is 18.2 Å². The molecule has 0 aliphatic rings. The molecule has 2 amide bonds. The highest BCUT2D eigenvalue weighted by molar-refractivity contribution is 6.10. The predicted octanol–water partition coefficient (Wildman–Crippen LogP) is 4.53. The molecule has 0 saturated carbocycles.